The van der Waals surface area contributed by atoms with Crippen molar-refractivity contribution in [3.8, 4) is 0 Å². The summed E-state index contributed by atoms with van der Waals surface area (Å²) in [5.74, 6) is 2.11. The number of esters is 1. The first-order valence-electron chi connectivity index (χ1n) is 9.35. The van der Waals surface area contributed by atoms with Crippen molar-refractivity contribution < 1.29 is 9.53 Å². The molecule has 0 aliphatic carbocycles. The standard InChI is InChI=1S/C20H36O2S/c1-3-4-5-6-7-8-9-10-12-15-18-23-19-16-13-11-14-17-20(21)22-2/h11,16H,3-10,12,14-15,17-19H2,1-2H3. The van der Waals surface area contributed by atoms with E-state index in [1.165, 1.54) is 77.1 Å². The molecule has 134 valence electrons. The third-order valence-corrected chi connectivity index (χ3v) is 4.78. The zero-order valence-corrected chi connectivity index (χ0v) is 16.1. The lowest BCUT2D eigenvalue weighted by molar-refractivity contribution is -0.140. The smallest absolute Gasteiger partial charge is 0.305 e. The number of hydrogen-bond donors (Lipinski definition) is 0. The summed E-state index contributed by atoms with van der Waals surface area (Å²) in [6, 6.07) is 0. The average Bonchev–Trinajstić information content (AvgIpc) is 2.57. The van der Waals surface area contributed by atoms with E-state index in [-0.39, 0.29) is 5.97 Å². The number of carbonyl (C=O) groups is 1. The molecule has 0 aliphatic heterocycles. The second-order valence-electron chi connectivity index (χ2n) is 5.95. The van der Waals surface area contributed by atoms with Gasteiger partial charge in [-0.05, 0) is 30.7 Å². The summed E-state index contributed by atoms with van der Waals surface area (Å²) in [6.45, 7) is 2.27. The third-order valence-electron chi connectivity index (χ3n) is 3.80. The normalized spacial score (nSPS) is 10.2. The minimum absolute atomic E-state index is 0.154. The Morgan fingerprint density at radius 2 is 1.57 bits per heavy atom. The maximum absolute atomic E-state index is 10.9. The lowest BCUT2D eigenvalue weighted by atomic mass is 10.1. The molecular weight excluding hydrogens is 304 g/mol. The minimum Gasteiger partial charge on any atom is -0.469 e. The zero-order valence-electron chi connectivity index (χ0n) is 15.3. The van der Waals surface area contributed by atoms with Crippen molar-refractivity contribution in [2.24, 2.45) is 0 Å². The van der Waals surface area contributed by atoms with Crippen molar-refractivity contribution in [1.29, 1.82) is 0 Å². The Labute approximate surface area is 148 Å². The largest absolute Gasteiger partial charge is 0.469 e. The van der Waals surface area contributed by atoms with Gasteiger partial charge in [0.2, 0.25) is 0 Å². The van der Waals surface area contributed by atoms with E-state index in [2.05, 4.69) is 23.5 Å². The Balaban J connectivity index is 3.18. The maximum atomic E-state index is 10.9. The van der Waals surface area contributed by atoms with Crippen molar-refractivity contribution in [3.63, 3.8) is 0 Å². The zero-order chi connectivity index (χ0) is 17.0. The highest BCUT2D eigenvalue weighted by atomic mass is 32.2. The van der Waals surface area contributed by atoms with Crippen molar-refractivity contribution in [1.82, 2.24) is 0 Å². The first-order valence-corrected chi connectivity index (χ1v) is 10.5. The Bertz CT molecular complexity index is 320. The molecule has 0 aliphatic rings. The number of carbonyl (C=O) groups excluding carboxylic acids is 1. The summed E-state index contributed by atoms with van der Waals surface area (Å²) >= 11 is 1.97. The van der Waals surface area contributed by atoms with Gasteiger partial charge in [0.25, 0.3) is 0 Å². The fourth-order valence-electron chi connectivity index (χ4n) is 2.34. The van der Waals surface area contributed by atoms with Crippen LogP contribution in [0, 0.1) is 0 Å². The summed E-state index contributed by atoms with van der Waals surface area (Å²) in [6.07, 6.45) is 19.1. The van der Waals surface area contributed by atoms with Crippen LogP contribution in [0.4, 0.5) is 0 Å². The molecule has 0 aromatic heterocycles. The highest BCUT2D eigenvalue weighted by Crippen LogP contribution is 2.12. The fraction of sp³-hybridized carbons (Fsp3) is 0.800. The summed E-state index contributed by atoms with van der Waals surface area (Å²) in [7, 11) is 1.42. The average molecular weight is 341 g/mol. The van der Waals surface area contributed by atoms with Gasteiger partial charge < -0.3 is 4.74 Å². The number of rotatable bonds is 16. The minimum atomic E-state index is -0.154. The van der Waals surface area contributed by atoms with Gasteiger partial charge in [-0.25, -0.2) is 0 Å². The predicted octanol–water partition coefficient (Wildman–Crippen LogP) is 6.31. The van der Waals surface area contributed by atoms with E-state index in [9.17, 15) is 4.79 Å². The molecule has 0 unspecified atom stereocenters. The van der Waals surface area contributed by atoms with Crippen LogP contribution >= 0.6 is 11.8 Å². The SMILES string of the molecule is CCCCCCCCCCCCSCC=C=CCCC(=O)OC. The van der Waals surface area contributed by atoms with Crippen molar-refractivity contribution in [2.75, 3.05) is 18.6 Å². The number of unbranched alkanes of at least 4 members (excludes halogenated alkanes) is 9. The summed E-state index contributed by atoms with van der Waals surface area (Å²) in [4.78, 5) is 10.9. The van der Waals surface area contributed by atoms with E-state index in [1.807, 2.05) is 17.8 Å². The van der Waals surface area contributed by atoms with Crippen LogP contribution in [-0.2, 0) is 9.53 Å². The van der Waals surface area contributed by atoms with Gasteiger partial charge in [-0.1, -0.05) is 64.7 Å². The van der Waals surface area contributed by atoms with Crippen LogP contribution in [0.25, 0.3) is 0 Å². The van der Waals surface area contributed by atoms with E-state index < -0.39 is 0 Å². The van der Waals surface area contributed by atoms with Crippen LogP contribution in [0.2, 0.25) is 0 Å². The topological polar surface area (TPSA) is 26.3 Å². The molecule has 23 heavy (non-hydrogen) atoms. The molecule has 0 bridgehead atoms. The second-order valence-corrected chi connectivity index (χ2v) is 7.10. The van der Waals surface area contributed by atoms with Crippen LogP contribution in [0.15, 0.2) is 17.9 Å². The van der Waals surface area contributed by atoms with Gasteiger partial charge in [-0.3, -0.25) is 4.79 Å². The molecule has 0 saturated heterocycles. The molecule has 0 amide bonds. The highest BCUT2D eigenvalue weighted by molar-refractivity contribution is 7.99. The molecule has 3 heteroatoms. The first kappa shape index (κ1) is 22.3. The van der Waals surface area contributed by atoms with Crippen molar-refractivity contribution in [2.45, 2.75) is 84.0 Å². The second kappa shape index (κ2) is 19.4. The van der Waals surface area contributed by atoms with Crippen LogP contribution in [-0.4, -0.2) is 24.6 Å². The monoisotopic (exact) mass is 340 g/mol. The molecular formula is C20H36O2S. The number of thioether (sulfide) groups is 1. The maximum Gasteiger partial charge on any atom is 0.305 e. The molecule has 0 saturated carbocycles. The van der Waals surface area contributed by atoms with E-state index in [1.54, 1.807) is 0 Å². The fourth-order valence-corrected chi connectivity index (χ4v) is 3.13. The van der Waals surface area contributed by atoms with Crippen molar-refractivity contribution in [3.05, 3.63) is 17.9 Å². The number of ether oxygens (including phenoxy) is 1. The molecule has 0 atom stereocenters. The number of hydrogen-bond acceptors (Lipinski definition) is 3. The molecule has 0 aromatic rings. The van der Waals surface area contributed by atoms with E-state index in [0.29, 0.717) is 12.8 Å². The molecule has 0 spiro atoms. The molecule has 2 nitrogen and oxygen atoms in total. The van der Waals surface area contributed by atoms with Crippen LogP contribution < -0.4 is 0 Å². The van der Waals surface area contributed by atoms with Crippen molar-refractivity contribution >= 4 is 17.7 Å². The van der Waals surface area contributed by atoms with Gasteiger partial charge in [0, 0.05) is 12.2 Å². The highest BCUT2D eigenvalue weighted by Gasteiger charge is 1.95. The Kier molecular flexibility index (Phi) is 18.8. The molecule has 0 rings (SSSR count). The van der Waals surface area contributed by atoms with Crippen LogP contribution in [0.3, 0.4) is 0 Å². The third kappa shape index (κ3) is 19.3. The summed E-state index contributed by atoms with van der Waals surface area (Å²) in [5.41, 5.74) is 3.13. The van der Waals surface area contributed by atoms with Gasteiger partial charge in [0.15, 0.2) is 0 Å². The number of methoxy groups -OCH3 is 1. The molecule has 0 heterocycles. The van der Waals surface area contributed by atoms with E-state index in [4.69, 9.17) is 0 Å². The van der Waals surface area contributed by atoms with Gasteiger partial charge in [-0.15, -0.1) is 5.73 Å². The molecule has 0 aromatic carbocycles. The van der Waals surface area contributed by atoms with Gasteiger partial charge >= 0.3 is 5.97 Å². The Hall–Kier alpha value is -0.660. The molecule has 0 N–H and O–H groups in total. The molecule has 0 radical (unpaired) electrons. The summed E-state index contributed by atoms with van der Waals surface area (Å²) < 4.78 is 4.58. The quantitative estimate of drug-likeness (QED) is 0.187. The van der Waals surface area contributed by atoms with E-state index in [0.717, 1.165) is 5.75 Å². The lowest BCUT2D eigenvalue weighted by Crippen LogP contribution is -1.97. The molecule has 0 fully saturated rings. The predicted molar refractivity (Wildman–Crippen MR) is 103 cm³/mol. The summed E-state index contributed by atoms with van der Waals surface area (Å²) in [5, 5.41) is 0. The first-order chi connectivity index (χ1) is 11.3. The van der Waals surface area contributed by atoms with Gasteiger partial charge in [-0.2, -0.15) is 11.8 Å². The van der Waals surface area contributed by atoms with Gasteiger partial charge in [0.05, 0.1) is 7.11 Å². The van der Waals surface area contributed by atoms with Crippen LogP contribution in [0.1, 0.15) is 84.0 Å². The van der Waals surface area contributed by atoms with E-state index >= 15 is 0 Å². The van der Waals surface area contributed by atoms with Gasteiger partial charge in [0.1, 0.15) is 0 Å². The Morgan fingerprint density at radius 1 is 0.957 bits per heavy atom. The lowest BCUT2D eigenvalue weighted by Gasteiger charge is -2.02. The van der Waals surface area contributed by atoms with Crippen LogP contribution in [0.5, 0.6) is 0 Å². The Morgan fingerprint density at radius 3 is 2.17 bits per heavy atom.